The minimum Gasteiger partial charge on any atom is -0.309 e. The van der Waals surface area contributed by atoms with Crippen molar-refractivity contribution in [1.82, 2.24) is 4.57 Å². The summed E-state index contributed by atoms with van der Waals surface area (Å²) in [5, 5.41) is 7.32. The van der Waals surface area contributed by atoms with Crippen molar-refractivity contribution in [1.29, 1.82) is 0 Å². The van der Waals surface area contributed by atoms with E-state index >= 15 is 0 Å². The number of para-hydroxylation sites is 2. The van der Waals surface area contributed by atoms with Gasteiger partial charge in [0, 0.05) is 33.1 Å². The van der Waals surface area contributed by atoms with Gasteiger partial charge in [0.25, 0.3) is 0 Å². The first kappa shape index (κ1) is 37.3. The van der Waals surface area contributed by atoms with Crippen LogP contribution in [-0.4, -0.2) is 4.57 Å². The molecule has 300 valence electrons. The zero-order valence-electron chi connectivity index (χ0n) is 35.1. The van der Waals surface area contributed by atoms with E-state index in [0.717, 1.165) is 28.3 Å². The Morgan fingerprint density at radius 1 is 0.297 bits per heavy atom. The van der Waals surface area contributed by atoms with E-state index in [-0.39, 0.29) is 0 Å². The Kier molecular flexibility index (Phi) is 9.20. The maximum absolute atomic E-state index is 2.52. The van der Waals surface area contributed by atoms with Gasteiger partial charge in [0.1, 0.15) is 0 Å². The van der Waals surface area contributed by atoms with Crippen molar-refractivity contribution in [3.05, 3.63) is 255 Å². The summed E-state index contributed by atoms with van der Waals surface area (Å²) in [5.74, 6) is 0. The third-order valence-electron chi connectivity index (χ3n) is 12.8. The minimum atomic E-state index is 1.07. The maximum Gasteiger partial charge on any atom is 0.0547 e. The molecule has 0 aliphatic carbocycles. The molecule has 0 atom stereocenters. The molecule has 0 bridgehead atoms. The number of nitrogens with zero attached hydrogens (tertiary/aromatic N) is 2. The summed E-state index contributed by atoms with van der Waals surface area (Å²) in [7, 11) is 0. The van der Waals surface area contributed by atoms with E-state index in [1.165, 1.54) is 82.3 Å². The first-order valence-electron chi connectivity index (χ1n) is 22.0. The standard InChI is InChI=1S/C62H42N2/c1-4-21-43(22-5-1)49-30-12-15-34-55(49)61-51(44-23-6-2-7-24-44)36-19-39-58(61)64(60-42-46-25-10-11-31-50(46)53-32-13-14-33-54(53)60)48-29-18-26-45(41-48)52-37-20-40-59-62(52)56-35-16-17-38-57(56)63(59)47-27-8-3-9-28-47/h1-42H. The molecule has 2 heteroatoms. The largest absolute Gasteiger partial charge is 0.309 e. The molecule has 0 spiro atoms. The van der Waals surface area contributed by atoms with Crippen molar-refractivity contribution in [2.24, 2.45) is 0 Å². The molecule has 2 nitrogen and oxygen atoms in total. The van der Waals surface area contributed by atoms with Gasteiger partial charge in [-0.2, -0.15) is 0 Å². The summed E-state index contributed by atoms with van der Waals surface area (Å²) in [6, 6.07) is 92.9. The number of aromatic nitrogens is 1. The van der Waals surface area contributed by atoms with Crippen LogP contribution >= 0.6 is 0 Å². The molecule has 0 saturated heterocycles. The van der Waals surface area contributed by atoms with Gasteiger partial charge < -0.3 is 9.47 Å². The van der Waals surface area contributed by atoms with Gasteiger partial charge in [-0.1, -0.05) is 206 Å². The van der Waals surface area contributed by atoms with Crippen LogP contribution in [0.25, 0.3) is 93.5 Å². The number of anilines is 3. The van der Waals surface area contributed by atoms with E-state index in [9.17, 15) is 0 Å². The van der Waals surface area contributed by atoms with Gasteiger partial charge in [-0.05, 0) is 104 Å². The van der Waals surface area contributed by atoms with Crippen LogP contribution in [-0.2, 0) is 0 Å². The van der Waals surface area contributed by atoms with Crippen LogP contribution in [0.15, 0.2) is 255 Å². The van der Waals surface area contributed by atoms with Gasteiger partial charge >= 0.3 is 0 Å². The summed E-state index contributed by atoms with van der Waals surface area (Å²) in [5.41, 5.74) is 16.2. The maximum atomic E-state index is 2.52. The molecular formula is C62H42N2. The summed E-state index contributed by atoms with van der Waals surface area (Å²) in [6.45, 7) is 0. The Bertz CT molecular complexity index is 3660. The predicted molar refractivity (Wildman–Crippen MR) is 272 cm³/mol. The summed E-state index contributed by atoms with van der Waals surface area (Å²) >= 11 is 0. The first-order valence-corrected chi connectivity index (χ1v) is 22.0. The Morgan fingerprint density at radius 3 is 1.61 bits per heavy atom. The van der Waals surface area contributed by atoms with Crippen LogP contribution in [0.3, 0.4) is 0 Å². The Morgan fingerprint density at radius 2 is 0.828 bits per heavy atom. The molecule has 0 radical (unpaired) electrons. The summed E-state index contributed by atoms with van der Waals surface area (Å²) < 4.78 is 2.40. The fourth-order valence-corrected chi connectivity index (χ4v) is 9.99. The predicted octanol–water partition coefficient (Wildman–Crippen LogP) is 17.2. The monoisotopic (exact) mass is 814 g/mol. The lowest BCUT2D eigenvalue weighted by molar-refractivity contribution is 1.18. The molecule has 12 aromatic rings. The zero-order valence-corrected chi connectivity index (χ0v) is 35.1. The van der Waals surface area contributed by atoms with E-state index in [1.807, 2.05) is 0 Å². The van der Waals surface area contributed by atoms with Gasteiger partial charge in [-0.15, -0.1) is 0 Å². The molecule has 64 heavy (non-hydrogen) atoms. The van der Waals surface area contributed by atoms with Crippen LogP contribution in [0.5, 0.6) is 0 Å². The zero-order chi connectivity index (χ0) is 42.4. The SMILES string of the molecule is c1ccc(-c2ccccc2-c2c(-c3ccccc3)cccc2N(c2cccc(-c3cccc4c3c3ccccc3n4-c3ccccc3)c2)c2cc3ccccc3c3ccccc23)cc1. The molecule has 11 aromatic carbocycles. The van der Waals surface area contributed by atoms with E-state index in [2.05, 4.69) is 264 Å². The topological polar surface area (TPSA) is 8.17 Å². The van der Waals surface area contributed by atoms with Crippen molar-refractivity contribution >= 4 is 60.4 Å². The molecule has 0 N–H and O–H groups in total. The lowest BCUT2D eigenvalue weighted by Crippen LogP contribution is -2.13. The number of fused-ring (bicyclic) bond motifs is 6. The average molecular weight is 815 g/mol. The van der Waals surface area contributed by atoms with E-state index in [1.54, 1.807) is 0 Å². The van der Waals surface area contributed by atoms with Crippen molar-refractivity contribution in [2.45, 2.75) is 0 Å². The van der Waals surface area contributed by atoms with Crippen LogP contribution < -0.4 is 4.90 Å². The highest BCUT2D eigenvalue weighted by molar-refractivity contribution is 6.17. The molecule has 1 heterocycles. The van der Waals surface area contributed by atoms with E-state index < -0.39 is 0 Å². The highest BCUT2D eigenvalue weighted by atomic mass is 15.1. The van der Waals surface area contributed by atoms with Gasteiger partial charge in [0.15, 0.2) is 0 Å². The molecule has 1 aromatic heterocycles. The summed E-state index contributed by atoms with van der Waals surface area (Å²) in [4.78, 5) is 2.52. The third kappa shape index (κ3) is 6.27. The second-order valence-electron chi connectivity index (χ2n) is 16.4. The lowest BCUT2D eigenvalue weighted by atomic mass is 9.87. The number of hydrogen-bond acceptors (Lipinski definition) is 1. The molecule has 0 saturated carbocycles. The molecule has 0 unspecified atom stereocenters. The fourth-order valence-electron chi connectivity index (χ4n) is 9.99. The minimum absolute atomic E-state index is 1.07. The number of rotatable bonds is 8. The van der Waals surface area contributed by atoms with Crippen LogP contribution in [0.4, 0.5) is 17.1 Å². The van der Waals surface area contributed by atoms with Crippen molar-refractivity contribution in [3.63, 3.8) is 0 Å². The second kappa shape index (κ2) is 15.8. The Hall–Kier alpha value is -8.46. The number of hydrogen-bond donors (Lipinski definition) is 0. The van der Waals surface area contributed by atoms with Gasteiger partial charge in [-0.3, -0.25) is 0 Å². The smallest absolute Gasteiger partial charge is 0.0547 e. The van der Waals surface area contributed by atoms with Crippen LogP contribution in [0.1, 0.15) is 0 Å². The highest BCUT2D eigenvalue weighted by Gasteiger charge is 2.25. The molecule has 0 aliphatic heterocycles. The molecule has 0 fully saturated rings. The van der Waals surface area contributed by atoms with Gasteiger partial charge in [0.2, 0.25) is 0 Å². The number of benzene rings is 11. The van der Waals surface area contributed by atoms with Crippen LogP contribution in [0, 0.1) is 0 Å². The Balaban J connectivity index is 1.17. The molecular weight excluding hydrogens is 773 g/mol. The van der Waals surface area contributed by atoms with E-state index in [4.69, 9.17) is 0 Å². The fraction of sp³-hybridized carbons (Fsp3) is 0. The highest BCUT2D eigenvalue weighted by Crippen LogP contribution is 2.51. The summed E-state index contributed by atoms with van der Waals surface area (Å²) in [6.07, 6.45) is 0. The molecule has 0 aliphatic rings. The van der Waals surface area contributed by atoms with Crippen LogP contribution in [0.2, 0.25) is 0 Å². The quantitative estimate of drug-likeness (QED) is 0.139. The van der Waals surface area contributed by atoms with Crippen molar-refractivity contribution in [2.75, 3.05) is 4.90 Å². The van der Waals surface area contributed by atoms with Gasteiger partial charge in [0.05, 0.1) is 22.4 Å². The average Bonchev–Trinajstić information content (AvgIpc) is 3.72. The molecule has 12 rings (SSSR count). The second-order valence-corrected chi connectivity index (χ2v) is 16.4. The normalized spacial score (nSPS) is 11.4. The van der Waals surface area contributed by atoms with E-state index in [0.29, 0.717) is 0 Å². The third-order valence-corrected chi connectivity index (χ3v) is 12.8. The van der Waals surface area contributed by atoms with Gasteiger partial charge in [-0.25, -0.2) is 0 Å². The first-order chi connectivity index (χ1) is 31.8. The Labute approximate surface area is 373 Å². The lowest BCUT2D eigenvalue weighted by Gasteiger charge is -2.31. The van der Waals surface area contributed by atoms with Crippen molar-refractivity contribution in [3.8, 4) is 50.2 Å². The molecule has 0 amide bonds. The van der Waals surface area contributed by atoms with Crippen molar-refractivity contribution < 1.29 is 0 Å².